The first-order valence-electron chi connectivity index (χ1n) is 13.9. The summed E-state index contributed by atoms with van der Waals surface area (Å²) in [7, 11) is -1.32. The van der Waals surface area contributed by atoms with Crippen LogP contribution in [0.25, 0.3) is 0 Å². The van der Waals surface area contributed by atoms with Crippen molar-refractivity contribution in [1.82, 2.24) is 0 Å². The minimum Gasteiger partial charge on any atom is -0.507 e. The second-order valence-electron chi connectivity index (χ2n) is 12.2. The monoisotopic (exact) mass is 506 g/mol. The van der Waals surface area contributed by atoms with Crippen molar-refractivity contribution >= 4 is 8.60 Å². The lowest BCUT2D eigenvalue weighted by atomic mass is 9.77. The summed E-state index contributed by atoms with van der Waals surface area (Å²) < 4.78 is 25.3. The molecule has 1 N–H and O–H groups in total. The molecule has 1 unspecified atom stereocenters. The Morgan fingerprint density at radius 1 is 0.829 bits per heavy atom. The van der Waals surface area contributed by atoms with Crippen molar-refractivity contribution in [2.45, 2.75) is 131 Å². The molecule has 1 aromatic rings. The van der Waals surface area contributed by atoms with Crippen LogP contribution in [0.2, 0.25) is 0 Å². The summed E-state index contributed by atoms with van der Waals surface area (Å²) in [5.74, 6) is 2.61. The van der Waals surface area contributed by atoms with Gasteiger partial charge in [0.15, 0.2) is 11.7 Å². The average Bonchev–Trinajstić information content (AvgIpc) is 3.34. The van der Waals surface area contributed by atoms with Crippen LogP contribution < -0.4 is 4.74 Å². The lowest BCUT2D eigenvalue weighted by Crippen LogP contribution is -2.63. The molecule has 2 bridgehead atoms. The zero-order chi connectivity index (χ0) is 25.5. The first kappa shape index (κ1) is 27.2. The summed E-state index contributed by atoms with van der Waals surface area (Å²) >= 11 is 0. The van der Waals surface area contributed by atoms with Gasteiger partial charge in [0.2, 0.25) is 0 Å². The third kappa shape index (κ3) is 5.00. The molecule has 4 aliphatic heterocycles. The Morgan fingerprint density at radius 3 is 2.00 bits per heavy atom. The fourth-order valence-corrected chi connectivity index (χ4v) is 7.64. The summed E-state index contributed by atoms with van der Waals surface area (Å²) in [4.78, 5) is 0. The maximum atomic E-state index is 10.7. The minimum absolute atomic E-state index is 0.312. The van der Waals surface area contributed by atoms with Gasteiger partial charge >= 0.3 is 8.60 Å². The molecule has 0 aromatic heterocycles. The van der Waals surface area contributed by atoms with E-state index in [0.717, 1.165) is 52.7 Å². The lowest BCUT2D eigenvalue weighted by molar-refractivity contribution is -0.277. The molecule has 35 heavy (non-hydrogen) atoms. The number of ether oxygens (including phenoxy) is 1. The minimum atomic E-state index is -1.32. The Kier molecular flexibility index (Phi) is 8.14. The highest BCUT2D eigenvalue weighted by Crippen LogP contribution is 2.78. The lowest BCUT2D eigenvalue weighted by Gasteiger charge is -2.52. The van der Waals surface area contributed by atoms with E-state index in [-0.39, 0.29) is 6.10 Å². The largest absolute Gasteiger partial charge is 0.507 e. The Morgan fingerprint density at radius 2 is 1.40 bits per heavy atom. The van der Waals surface area contributed by atoms with E-state index < -0.39 is 20.0 Å². The van der Waals surface area contributed by atoms with E-state index in [0.29, 0.717) is 11.7 Å². The Hall–Kier alpha value is -0.870. The zero-order valence-electron chi connectivity index (χ0n) is 23.2. The predicted octanol–water partition coefficient (Wildman–Crippen LogP) is 8.95. The first-order valence-corrected chi connectivity index (χ1v) is 15.0. The van der Waals surface area contributed by atoms with Gasteiger partial charge in [-0.15, -0.1) is 0 Å². The number of hydrogen-bond acceptors (Lipinski definition) is 5. The molecule has 3 saturated heterocycles. The second kappa shape index (κ2) is 10.5. The maximum Gasteiger partial charge on any atom is 0.339 e. The van der Waals surface area contributed by atoms with Gasteiger partial charge in [-0.3, -0.25) is 13.6 Å². The van der Waals surface area contributed by atoms with E-state index in [4.69, 9.17) is 18.3 Å². The highest BCUT2D eigenvalue weighted by molar-refractivity contribution is 7.43. The second-order valence-corrected chi connectivity index (χ2v) is 13.2. The first-order chi connectivity index (χ1) is 16.5. The van der Waals surface area contributed by atoms with E-state index in [9.17, 15) is 5.11 Å². The molecule has 0 amide bonds. The van der Waals surface area contributed by atoms with Gasteiger partial charge in [-0.25, -0.2) is 0 Å². The van der Waals surface area contributed by atoms with Gasteiger partial charge in [0, 0.05) is 11.1 Å². The molecular formula is C29H47O5P. The Bertz CT molecular complexity index is 909. The number of fused-ring (bicyclic) bond motifs is 1. The highest BCUT2D eigenvalue weighted by Gasteiger charge is 2.76. The van der Waals surface area contributed by atoms with Crippen LogP contribution >= 0.6 is 8.60 Å². The molecule has 4 atom stereocenters. The van der Waals surface area contributed by atoms with Crippen molar-refractivity contribution in [2.24, 2.45) is 17.8 Å². The topological polar surface area (TPSA) is 57.2 Å². The van der Waals surface area contributed by atoms with Crippen LogP contribution in [-0.4, -0.2) is 16.5 Å². The van der Waals surface area contributed by atoms with Gasteiger partial charge in [-0.1, -0.05) is 72.6 Å². The average molecular weight is 507 g/mol. The van der Waals surface area contributed by atoms with E-state index in [1.54, 1.807) is 0 Å². The third-order valence-electron chi connectivity index (χ3n) is 8.77. The number of rotatable bonds is 12. The number of phenols is 1. The van der Waals surface area contributed by atoms with Gasteiger partial charge in [0.1, 0.15) is 11.5 Å². The van der Waals surface area contributed by atoms with Crippen molar-refractivity contribution in [3.8, 4) is 11.5 Å². The molecule has 0 aliphatic carbocycles. The van der Waals surface area contributed by atoms with E-state index in [1.165, 1.54) is 44.9 Å². The summed E-state index contributed by atoms with van der Waals surface area (Å²) in [6.45, 7) is 17.5. The molecule has 5 rings (SSSR count). The van der Waals surface area contributed by atoms with Crippen molar-refractivity contribution in [2.75, 3.05) is 0 Å². The smallest absolute Gasteiger partial charge is 0.339 e. The molecule has 6 heteroatoms. The van der Waals surface area contributed by atoms with Crippen LogP contribution in [0, 0.1) is 38.5 Å². The molecule has 3 fully saturated rings. The van der Waals surface area contributed by atoms with Crippen LogP contribution in [-0.2, 0) is 13.6 Å². The summed E-state index contributed by atoms with van der Waals surface area (Å²) in [6.07, 6.45) is 10.8. The number of hydrogen-bond donors (Lipinski definition) is 1. The van der Waals surface area contributed by atoms with Crippen LogP contribution in [0.3, 0.4) is 0 Å². The van der Waals surface area contributed by atoms with E-state index >= 15 is 0 Å². The maximum absolute atomic E-state index is 10.7. The van der Waals surface area contributed by atoms with Crippen LogP contribution in [0.1, 0.15) is 121 Å². The number of aromatic hydroxyl groups is 1. The van der Waals surface area contributed by atoms with E-state index in [2.05, 4.69) is 34.6 Å². The predicted molar refractivity (Wildman–Crippen MR) is 142 cm³/mol. The molecule has 1 spiro atoms. The van der Waals surface area contributed by atoms with Crippen molar-refractivity contribution in [3.05, 3.63) is 22.3 Å². The normalized spacial score (nSPS) is 30.4. The molecule has 0 saturated carbocycles. The molecule has 0 radical (unpaired) electrons. The Labute approximate surface area is 214 Å². The quantitative estimate of drug-likeness (QED) is 0.287. The van der Waals surface area contributed by atoms with Crippen LogP contribution in [0.5, 0.6) is 11.5 Å². The SMILES string of the molecule is Cc1c(C)c2c(c(C)c1O)C1OP3OC1(O3)[C@](C)(CCC[C@H](C)CCC[C@@H](C)CCCC(C)C)O2. The number of phenolic OH excluding ortho intramolecular Hbond substituents is 1. The van der Waals surface area contributed by atoms with Gasteiger partial charge in [-0.05, 0) is 69.4 Å². The molecule has 4 aliphatic rings. The molecule has 4 heterocycles. The van der Waals surface area contributed by atoms with Crippen LogP contribution in [0.15, 0.2) is 0 Å². The summed E-state index contributed by atoms with van der Waals surface area (Å²) in [6, 6.07) is 0. The van der Waals surface area contributed by atoms with Crippen molar-refractivity contribution in [1.29, 1.82) is 0 Å². The fourth-order valence-electron chi connectivity index (χ4n) is 6.10. The van der Waals surface area contributed by atoms with E-state index in [1.807, 2.05) is 20.8 Å². The van der Waals surface area contributed by atoms with Crippen LogP contribution in [0.4, 0.5) is 0 Å². The molecule has 5 nitrogen and oxygen atoms in total. The zero-order valence-corrected chi connectivity index (χ0v) is 24.1. The molecule has 1 aromatic carbocycles. The van der Waals surface area contributed by atoms with Gasteiger partial charge in [0.25, 0.3) is 5.79 Å². The third-order valence-corrected chi connectivity index (χ3v) is 9.99. The van der Waals surface area contributed by atoms with Gasteiger partial charge in [-0.2, -0.15) is 0 Å². The highest BCUT2D eigenvalue weighted by atomic mass is 31.2. The summed E-state index contributed by atoms with van der Waals surface area (Å²) in [5, 5.41) is 10.7. The fraction of sp³-hybridized carbons (Fsp3) is 0.793. The molecule has 198 valence electrons. The van der Waals surface area contributed by atoms with Crippen molar-refractivity contribution in [3.63, 3.8) is 0 Å². The standard InChI is InChI=1S/C29H47O5P/c1-18(2)12-9-13-19(3)14-10-15-20(4)16-11-17-28(8)29-27(32-35(33-29)34-29)24-23(7)25(30)21(5)22(6)26(24)31-28/h18-20,27,30H,9-17H2,1-8H3/t19-,20+,27?,28-,29?,35?/m0/s1. The summed E-state index contributed by atoms with van der Waals surface area (Å²) in [5.41, 5.74) is 2.91. The Balaban J connectivity index is 1.33. The van der Waals surface area contributed by atoms with Gasteiger partial charge in [0.05, 0.1) is 0 Å². The van der Waals surface area contributed by atoms with Gasteiger partial charge < -0.3 is 9.84 Å². The molecular weight excluding hydrogens is 459 g/mol. The number of benzene rings is 1. The van der Waals surface area contributed by atoms with Crippen molar-refractivity contribution < 1.29 is 23.4 Å².